The van der Waals surface area contributed by atoms with E-state index in [1.807, 2.05) is 72.9 Å². The molecule has 0 bridgehead atoms. The summed E-state index contributed by atoms with van der Waals surface area (Å²) in [6.07, 6.45) is 4.20. The first-order valence-electron chi connectivity index (χ1n) is 8.66. The highest BCUT2D eigenvalue weighted by Crippen LogP contribution is 2.17. The number of nitrogens with zero attached hydrogens (tertiary/aromatic N) is 4. The second-order valence-corrected chi connectivity index (χ2v) is 6.16. The molecule has 2 aromatic carbocycles. The Balaban J connectivity index is 1.39. The number of hydrogen-bond acceptors (Lipinski definition) is 5. The maximum Gasteiger partial charge on any atom is 0.149 e. The van der Waals surface area contributed by atoms with Gasteiger partial charge >= 0.3 is 0 Å². The molecule has 6 heteroatoms. The molecule has 0 aliphatic heterocycles. The second kappa shape index (κ2) is 7.70. The normalized spacial score (nSPS) is 10.7. The lowest BCUT2D eigenvalue weighted by Gasteiger charge is -2.07. The molecule has 6 nitrogen and oxygen atoms in total. The van der Waals surface area contributed by atoms with E-state index in [4.69, 9.17) is 10.5 Å². The maximum absolute atomic E-state index is 5.89. The molecule has 134 valence electrons. The summed E-state index contributed by atoms with van der Waals surface area (Å²) >= 11 is 0. The van der Waals surface area contributed by atoms with E-state index >= 15 is 0 Å². The largest absolute Gasteiger partial charge is 0.489 e. The molecule has 0 unspecified atom stereocenters. The van der Waals surface area contributed by atoms with Gasteiger partial charge in [-0.3, -0.25) is 0 Å². The highest BCUT2D eigenvalue weighted by atomic mass is 16.5. The first kappa shape index (κ1) is 16.8. The smallest absolute Gasteiger partial charge is 0.149 e. The third kappa shape index (κ3) is 4.12. The van der Waals surface area contributed by atoms with Gasteiger partial charge in [-0.05, 0) is 35.4 Å². The van der Waals surface area contributed by atoms with Gasteiger partial charge in [0, 0.05) is 12.6 Å². The predicted octanol–water partition coefficient (Wildman–Crippen LogP) is 3.41. The number of rotatable bonds is 6. The van der Waals surface area contributed by atoms with Crippen molar-refractivity contribution < 1.29 is 4.74 Å². The maximum atomic E-state index is 5.89. The lowest BCUT2D eigenvalue weighted by Crippen LogP contribution is -2.01. The highest BCUT2D eigenvalue weighted by molar-refractivity contribution is 5.50. The van der Waals surface area contributed by atoms with Crippen LogP contribution in [0, 0.1) is 0 Å². The summed E-state index contributed by atoms with van der Waals surface area (Å²) in [5, 5.41) is 8.37. The van der Waals surface area contributed by atoms with Crippen LogP contribution in [-0.4, -0.2) is 20.0 Å². The van der Waals surface area contributed by atoms with Crippen molar-refractivity contribution in [2.45, 2.75) is 13.0 Å². The number of anilines is 1. The van der Waals surface area contributed by atoms with Gasteiger partial charge in [0.15, 0.2) is 0 Å². The van der Waals surface area contributed by atoms with Gasteiger partial charge in [0.05, 0.1) is 11.9 Å². The molecule has 2 N–H and O–H groups in total. The standard InChI is InChI=1S/C21H19N5O/c22-21-20(7-4-12-23-21)26-14-18(24-25-26)13-16-8-10-19(11-9-16)27-15-17-5-2-1-3-6-17/h1-12,14H,13,15H2,(H2,22,23). The second-order valence-electron chi connectivity index (χ2n) is 6.16. The third-order valence-electron chi connectivity index (χ3n) is 4.16. The SMILES string of the molecule is Nc1ncccc1-n1cc(Cc2ccc(OCc3ccccc3)cc2)nn1. The number of nitrogen functional groups attached to an aromatic ring is 1. The lowest BCUT2D eigenvalue weighted by atomic mass is 10.1. The number of nitrogens with two attached hydrogens (primary N) is 1. The number of ether oxygens (including phenoxy) is 1. The van der Waals surface area contributed by atoms with Gasteiger partial charge in [0.1, 0.15) is 23.9 Å². The fraction of sp³-hybridized carbons (Fsp3) is 0.0952. The summed E-state index contributed by atoms with van der Waals surface area (Å²) in [4.78, 5) is 4.07. The Labute approximate surface area is 157 Å². The van der Waals surface area contributed by atoms with Crippen LogP contribution in [0.25, 0.3) is 5.69 Å². The van der Waals surface area contributed by atoms with Gasteiger partial charge in [-0.2, -0.15) is 0 Å². The molecular formula is C21H19N5O. The molecule has 0 atom stereocenters. The molecular weight excluding hydrogens is 338 g/mol. The van der Waals surface area contributed by atoms with Crippen LogP contribution in [0.1, 0.15) is 16.8 Å². The van der Waals surface area contributed by atoms with Crippen LogP contribution in [-0.2, 0) is 13.0 Å². The Hall–Kier alpha value is -3.67. The van der Waals surface area contributed by atoms with Gasteiger partial charge in [0.25, 0.3) is 0 Å². The van der Waals surface area contributed by atoms with Crippen molar-refractivity contribution in [2.75, 3.05) is 5.73 Å². The molecule has 0 saturated heterocycles. The first-order valence-corrected chi connectivity index (χ1v) is 8.66. The number of benzene rings is 2. The Morgan fingerprint density at radius 3 is 2.48 bits per heavy atom. The van der Waals surface area contributed by atoms with Gasteiger partial charge in [-0.25, -0.2) is 9.67 Å². The van der Waals surface area contributed by atoms with E-state index in [1.165, 1.54) is 0 Å². The van der Waals surface area contributed by atoms with Crippen molar-refractivity contribution in [1.29, 1.82) is 0 Å². The zero-order valence-corrected chi connectivity index (χ0v) is 14.7. The minimum Gasteiger partial charge on any atom is -0.489 e. The van der Waals surface area contributed by atoms with E-state index in [2.05, 4.69) is 15.3 Å². The molecule has 0 amide bonds. The molecule has 2 aromatic heterocycles. The summed E-state index contributed by atoms with van der Waals surface area (Å²) < 4.78 is 7.47. The zero-order valence-electron chi connectivity index (χ0n) is 14.7. The van der Waals surface area contributed by atoms with Crippen LogP contribution in [0.4, 0.5) is 5.82 Å². The molecule has 2 heterocycles. The average Bonchev–Trinajstić information content (AvgIpc) is 3.17. The van der Waals surface area contributed by atoms with Crippen molar-refractivity contribution in [3.05, 3.63) is 95.9 Å². The van der Waals surface area contributed by atoms with E-state index in [9.17, 15) is 0 Å². The minimum absolute atomic E-state index is 0.425. The van der Waals surface area contributed by atoms with Crippen LogP contribution < -0.4 is 10.5 Å². The van der Waals surface area contributed by atoms with Crippen molar-refractivity contribution in [3.63, 3.8) is 0 Å². The molecule has 27 heavy (non-hydrogen) atoms. The number of pyridine rings is 1. The quantitative estimate of drug-likeness (QED) is 0.572. The monoisotopic (exact) mass is 357 g/mol. The Morgan fingerprint density at radius 1 is 0.889 bits per heavy atom. The molecule has 0 fully saturated rings. The summed E-state index contributed by atoms with van der Waals surface area (Å²) in [6.45, 7) is 0.557. The van der Waals surface area contributed by atoms with Gasteiger partial charge in [0.2, 0.25) is 0 Å². The molecule has 0 radical (unpaired) electrons. The Morgan fingerprint density at radius 2 is 1.70 bits per heavy atom. The Kier molecular flexibility index (Phi) is 4.78. The first-order chi connectivity index (χ1) is 13.3. The predicted molar refractivity (Wildman–Crippen MR) is 104 cm³/mol. The molecule has 4 rings (SSSR count). The zero-order chi connectivity index (χ0) is 18.5. The number of aromatic nitrogens is 4. The van der Waals surface area contributed by atoms with Gasteiger partial charge in [-0.15, -0.1) is 5.10 Å². The van der Waals surface area contributed by atoms with Crippen LogP contribution in [0.5, 0.6) is 5.75 Å². The summed E-state index contributed by atoms with van der Waals surface area (Å²) in [6, 6.07) is 21.8. The highest BCUT2D eigenvalue weighted by Gasteiger charge is 2.07. The van der Waals surface area contributed by atoms with E-state index in [0.717, 1.165) is 28.3 Å². The van der Waals surface area contributed by atoms with Crippen molar-refractivity contribution >= 4 is 5.82 Å². The summed E-state index contributed by atoms with van der Waals surface area (Å²) in [7, 11) is 0. The van der Waals surface area contributed by atoms with Crippen LogP contribution in [0.2, 0.25) is 0 Å². The minimum atomic E-state index is 0.425. The molecule has 4 aromatic rings. The Bertz CT molecular complexity index is 1010. The fourth-order valence-corrected chi connectivity index (χ4v) is 2.75. The van der Waals surface area contributed by atoms with Crippen LogP contribution in [0.3, 0.4) is 0 Å². The topological polar surface area (TPSA) is 78.8 Å². The van der Waals surface area contributed by atoms with E-state index in [0.29, 0.717) is 18.8 Å². The lowest BCUT2D eigenvalue weighted by molar-refractivity contribution is 0.306. The van der Waals surface area contributed by atoms with E-state index in [-0.39, 0.29) is 0 Å². The molecule has 0 spiro atoms. The number of hydrogen-bond donors (Lipinski definition) is 1. The third-order valence-corrected chi connectivity index (χ3v) is 4.16. The van der Waals surface area contributed by atoms with E-state index < -0.39 is 0 Å². The van der Waals surface area contributed by atoms with Crippen molar-refractivity contribution in [3.8, 4) is 11.4 Å². The van der Waals surface area contributed by atoms with Crippen molar-refractivity contribution in [1.82, 2.24) is 20.0 Å². The summed E-state index contributed by atoms with van der Waals surface area (Å²) in [5.74, 6) is 1.27. The average molecular weight is 357 g/mol. The van der Waals surface area contributed by atoms with Crippen LogP contribution >= 0.6 is 0 Å². The van der Waals surface area contributed by atoms with Gasteiger partial charge < -0.3 is 10.5 Å². The van der Waals surface area contributed by atoms with Crippen molar-refractivity contribution in [2.24, 2.45) is 0 Å². The van der Waals surface area contributed by atoms with E-state index in [1.54, 1.807) is 10.9 Å². The van der Waals surface area contributed by atoms with Crippen LogP contribution in [0.15, 0.2) is 79.1 Å². The fourth-order valence-electron chi connectivity index (χ4n) is 2.75. The summed E-state index contributed by atoms with van der Waals surface area (Å²) in [5.41, 5.74) is 9.75. The molecule has 0 saturated carbocycles. The molecule has 0 aliphatic rings. The van der Waals surface area contributed by atoms with Gasteiger partial charge in [-0.1, -0.05) is 47.7 Å². The molecule has 0 aliphatic carbocycles.